The molecule has 2 aliphatic heterocycles. The van der Waals surface area contributed by atoms with Crippen LogP contribution in [-0.4, -0.2) is 18.1 Å². The summed E-state index contributed by atoms with van der Waals surface area (Å²) in [6, 6.07) is 13.7. The zero-order valence-corrected chi connectivity index (χ0v) is 24.4. The predicted molar refractivity (Wildman–Crippen MR) is 160 cm³/mol. The number of nitrogens with one attached hydrogen (secondary N) is 2. The van der Waals surface area contributed by atoms with E-state index in [0.29, 0.717) is 27.7 Å². The first-order valence-corrected chi connectivity index (χ1v) is 13.5. The van der Waals surface area contributed by atoms with Gasteiger partial charge in [0, 0.05) is 32.4 Å². The van der Waals surface area contributed by atoms with Crippen LogP contribution < -0.4 is 10.6 Å². The molecule has 0 saturated carbocycles. The van der Waals surface area contributed by atoms with E-state index in [1.54, 1.807) is 30.3 Å². The van der Waals surface area contributed by atoms with Crippen molar-refractivity contribution in [3.8, 4) is 0 Å². The van der Waals surface area contributed by atoms with E-state index in [1.807, 2.05) is 6.07 Å². The van der Waals surface area contributed by atoms with Crippen LogP contribution >= 0.6 is 46.4 Å². The van der Waals surface area contributed by atoms with Crippen molar-refractivity contribution in [1.29, 1.82) is 0 Å². The SMILES string of the molecule is O=C1Cc2ccc(Cl)cc2N1.O=C1Nc2cc(Cl)ccc2C1=Cc1cc(F)cc(Cl)c1F.O=Cc1cc(F)cc(Cl)c1F. The third-order valence-electron chi connectivity index (χ3n) is 5.93. The Morgan fingerprint density at radius 3 is 1.86 bits per heavy atom. The van der Waals surface area contributed by atoms with Gasteiger partial charge in [0.05, 0.1) is 27.7 Å². The lowest BCUT2D eigenvalue weighted by atomic mass is 10.0. The molecule has 220 valence electrons. The topological polar surface area (TPSA) is 75.3 Å². The largest absolute Gasteiger partial charge is 0.325 e. The highest BCUT2D eigenvalue weighted by Gasteiger charge is 2.25. The standard InChI is InChI=1S/C15H7Cl2F2NO.C8H6ClNO.C7H3ClF2O/c16-8-1-2-10-11(15(21)20-13(10)5-8)4-7-3-9(18)6-12(17)14(7)19;9-6-2-1-5-3-8(11)10-7(5)4-6;8-6-2-5(9)1-4(3-11)7(6)10/h1-6H,(H,20,21);1-2,4H,3H2,(H,10,11);1-3H. The zero-order chi connectivity index (χ0) is 31.4. The van der Waals surface area contributed by atoms with Gasteiger partial charge >= 0.3 is 0 Å². The van der Waals surface area contributed by atoms with Crippen LogP contribution in [0.4, 0.5) is 28.9 Å². The molecule has 0 unspecified atom stereocenters. The van der Waals surface area contributed by atoms with Crippen LogP contribution in [-0.2, 0) is 16.0 Å². The molecule has 0 fully saturated rings. The van der Waals surface area contributed by atoms with Crippen molar-refractivity contribution in [2.45, 2.75) is 6.42 Å². The summed E-state index contributed by atoms with van der Waals surface area (Å²) in [5, 5.41) is 5.74. The normalized spacial score (nSPS) is 13.6. The fourth-order valence-electron chi connectivity index (χ4n) is 3.99. The number of carbonyl (C=O) groups is 3. The van der Waals surface area contributed by atoms with Gasteiger partial charge < -0.3 is 10.6 Å². The summed E-state index contributed by atoms with van der Waals surface area (Å²) in [6.07, 6.45) is 1.95. The highest BCUT2D eigenvalue weighted by Crippen LogP contribution is 2.36. The Balaban J connectivity index is 0.000000162. The van der Waals surface area contributed by atoms with Crippen molar-refractivity contribution in [2.24, 2.45) is 0 Å². The minimum Gasteiger partial charge on any atom is -0.325 e. The second kappa shape index (κ2) is 13.6. The van der Waals surface area contributed by atoms with Crippen molar-refractivity contribution >= 4 is 87.5 Å². The van der Waals surface area contributed by atoms with E-state index in [0.717, 1.165) is 35.5 Å². The number of hydrogen-bond donors (Lipinski definition) is 2. The maximum absolute atomic E-state index is 13.9. The molecule has 2 heterocycles. The molecule has 0 bridgehead atoms. The van der Waals surface area contributed by atoms with E-state index >= 15 is 0 Å². The average Bonchev–Trinajstić information content (AvgIpc) is 3.46. The number of hydrogen-bond acceptors (Lipinski definition) is 3. The van der Waals surface area contributed by atoms with Crippen molar-refractivity contribution in [2.75, 3.05) is 10.6 Å². The minimum atomic E-state index is -0.886. The molecular weight excluding hydrogens is 654 g/mol. The molecule has 0 spiro atoms. The van der Waals surface area contributed by atoms with Crippen LogP contribution in [0.1, 0.15) is 27.0 Å². The van der Waals surface area contributed by atoms with Crippen molar-refractivity contribution in [1.82, 2.24) is 0 Å². The predicted octanol–water partition coefficient (Wildman–Crippen LogP) is 9.03. The van der Waals surface area contributed by atoms with Gasteiger partial charge in [-0.25, -0.2) is 17.6 Å². The van der Waals surface area contributed by atoms with Crippen molar-refractivity contribution in [3.05, 3.63) is 126 Å². The van der Waals surface area contributed by atoms with E-state index in [4.69, 9.17) is 46.4 Å². The Morgan fingerprint density at radius 2 is 1.23 bits per heavy atom. The monoisotopic (exact) mass is 668 g/mol. The Kier molecular flexibility index (Phi) is 10.1. The van der Waals surface area contributed by atoms with Crippen LogP contribution in [0.2, 0.25) is 20.1 Å². The van der Waals surface area contributed by atoms with Gasteiger partial charge in [-0.3, -0.25) is 14.4 Å². The number of anilines is 2. The lowest BCUT2D eigenvalue weighted by Gasteiger charge is -2.02. The number of fused-ring (bicyclic) bond motifs is 2. The summed E-state index contributed by atoms with van der Waals surface area (Å²) in [6.45, 7) is 0. The van der Waals surface area contributed by atoms with Crippen molar-refractivity contribution < 1.29 is 31.9 Å². The molecule has 2 aliphatic rings. The second-order valence-electron chi connectivity index (χ2n) is 8.93. The summed E-state index contributed by atoms with van der Waals surface area (Å²) in [5.41, 5.74) is 2.75. The number of amides is 2. The molecule has 2 N–H and O–H groups in total. The van der Waals surface area contributed by atoms with E-state index in [-0.39, 0.29) is 38.9 Å². The maximum Gasteiger partial charge on any atom is 0.256 e. The number of halogens is 8. The van der Waals surface area contributed by atoms with Gasteiger partial charge in [0.25, 0.3) is 5.91 Å². The summed E-state index contributed by atoms with van der Waals surface area (Å²) in [4.78, 5) is 32.9. The third kappa shape index (κ3) is 7.74. The molecule has 13 heteroatoms. The van der Waals surface area contributed by atoms with E-state index < -0.39 is 29.2 Å². The van der Waals surface area contributed by atoms with Crippen LogP contribution in [0.25, 0.3) is 11.6 Å². The Labute approximate surface area is 262 Å². The molecule has 0 aliphatic carbocycles. The van der Waals surface area contributed by atoms with Crippen LogP contribution in [0, 0.1) is 23.3 Å². The van der Waals surface area contributed by atoms with E-state index in [1.165, 1.54) is 6.08 Å². The van der Waals surface area contributed by atoms with Gasteiger partial charge in [-0.05, 0) is 60.2 Å². The van der Waals surface area contributed by atoms with Gasteiger partial charge in [0.2, 0.25) is 5.91 Å². The Bertz CT molecular complexity index is 1820. The summed E-state index contributed by atoms with van der Waals surface area (Å²) in [7, 11) is 0. The molecule has 0 aromatic heterocycles. The van der Waals surface area contributed by atoms with Gasteiger partial charge in [-0.2, -0.15) is 0 Å². The molecule has 0 saturated heterocycles. The minimum absolute atomic E-state index is 0.0438. The molecule has 0 radical (unpaired) electrons. The molecule has 5 nitrogen and oxygen atoms in total. The summed E-state index contributed by atoms with van der Waals surface area (Å²) >= 11 is 22.4. The van der Waals surface area contributed by atoms with Crippen LogP contribution in [0.3, 0.4) is 0 Å². The van der Waals surface area contributed by atoms with Gasteiger partial charge in [0.1, 0.15) is 17.5 Å². The average molecular weight is 670 g/mol. The molecule has 4 aromatic carbocycles. The molecule has 0 atom stereocenters. The van der Waals surface area contributed by atoms with E-state index in [2.05, 4.69) is 10.6 Å². The number of benzene rings is 4. The molecule has 6 rings (SSSR count). The number of rotatable bonds is 2. The molecular formula is C30H16Cl4F4N2O3. The lowest BCUT2D eigenvalue weighted by molar-refractivity contribution is -0.115. The highest BCUT2D eigenvalue weighted by atomic mass is 35.5. The van der Waals surface area contributed by atoms with Gasteiger partial charge in [0.15, 0.2) is 12.1 Å². The molecule has 43 heavy (non-hydrogen) atoms. The van der Waals surface area contributed by atoms with Crippen LogP contribution in [0.15, 0.2) is 60.7 Å². The quantitative estimate of drug-likeness (QED) is 0.0968. The first-order chi connectivity index (χ1) is 20.4. The Hall–Kier alpha value is -3.89. The molecule has 2 amide bonds. The smallest absolute Gasteiger partial charge is 0.256 e. The van der Waals surface area contributed by atoms with Crippen LogP contribution in [0.5, 0.6) is 0 Å². The fraction of sp³-hybridized carbons (Fsp3) is 0.0333. The third-order valence-corrected chi connectivity index (χ3v) is 6.95. The zero-order valence-electron chi connectivity index (χ0n) is 21.4. The van der Waals surface area contributed by atoms with Gasteiger partial charge in [-0.15, -0.1) is 0 Å². The number of carbonyl (C=O) groups excluding carboxylic acids is 3. The fourth-order valence-corrected chi connectivity index (χ4v) is 4.77. The number of aldehydes is 1. The summed E-state index contributed by atoms with van der Waals surface area (Å²) < 4.78 is 52.3. The first kappa shape index (κ1) is 32.0. The maximum atomic E-state index is 13.9. The lowest BCUT2D eigenvalue weighted by Crippen LogP contribution is -2.03. The molecule has 4 aromatic rings. The summed E-state index contributed by atoms with van der Waals surface area (Å²) in [5.74, 6) is -3.43. The Morgan fingerprint density at radius 1 is 0.674 bits per heavy atom. The van der Waals surface area contributed by atoms with Crippen molar-refractivity contribution in [3.63, 3.8) is 0 Å². The van der Waals surface area contributed by atoms with E-state index in [9.17, 15) is 31.9 Å². The van der Waals surface area contributed by atoms with Gasteiger partial charge in [-0.1, -0.05) is 58.5 Å². The second-order valence-corrected chi connectivity index (χ2v) is 10.6. The highest BCUT2D eigenvalue weighted by molar-refractivity contribution is 6.37. The first-order valence-electron chi connectivity index (χ1n) is 12.0.